The maximum Gasteiger partial charge on any atom is 0.266 e. The third-order valence-corrected chi connectivity index (χ3v) is 3.34. The molecule has 1 unspecified atom stereocenters. The third-order valence-electron chi connectivity index (χ3n) is 3.34. The molecule has 6 nitrogen and oxygen atoms in total. The summed E-state index contributed by atoms with van der Waals surface area (Å²) >= 11 is 0. The molecule has 0 bridgehead atoms. The molecule has 88 valence electrons. The summed E-state index contributed by atoms with van der Waals surface area (Å²) in [6.45, 7) is 3.25. The lowest BCUT2D eigenvalue weighted by Gasteiger charge is -2.15. The SMILES string of the molecule is OC1(c2nc(N3CCCC3)no2)CCNC1. The van der Waals surface area contributed by atoms with Crippen LogP contribution in [0.2, 0.25) is 0 Å². The van der Waals surface area contributed by atoms with Gasteiger partial charge in [-0.05, 0) is 31.0 Å². The summed E-state index contributed by atoms with van der Waals surface area (Å²) in [5.41, 5.74) is -0.967. The zero-order valence-electron chi connectivity index (χ0n) is 9.15. The van der Waals surface area contributed by atoms with Crippen molar-refractivity contribution in [2.75, 3.05) is 31.1 Å². The van der Waals surface area contributed by atoms with Crippen molar-refractivity contribution in [3.63, 3.8) is 0 Å². The molecule has 0 aromatic carbocycles. The van der Waals surface area contributed by atoms with E-state index in [0.29, 0.717) is 24.8 Å². The Morgan fingerprint density at radius 3 is 2.88 bits per heavy atom. The monoisotopic (exact) mass is 224 g/mol. The van der Waals surface area contributed by atoms with Crippen LogP contribution in [-0.2, 0) is 5.60 Å². The lowest BCUT2D eigenvalue weighted by atomic mass is 10.0. The van der Waals surface area contributed by atoms with Crippen LogP contribution in [0.1, 0.15) is 25.2 Å². The Morgan fingerprint density at radius 2 is 2.19 bits per heavy atom. The molecule has 1 aromatic rings. The summed E-state index contributed by atoms with van der Waals surface area (Å²) in [6.07, 6.45) is 2.99. The minimum atomic E-state index is -0.967. The van der Waals surface area contributed by atoms with Gasteiger partial charge in [0.15, 0.2) is 5.60 Å². The third kappa shape index (κ3) is 1.58. The van der Waals surface area contributed by atoms with Gasteiger partial charge in [-0.15, -0.1) is 0 Å². The van der Waals surface area contributed by atoms with E-state index in [0.717, 1.165) is 19.6 Å². The highest BCUT2D eigenvalue weighted by atomic mass is 16.5. The molecule has 1 atom stereocenters. The Kier molecular flexibility index (Phi) is 2.33. The lowest BCUT2D eigenvalue weighted by Crippen LogP contribution is -2.29. The Hall–Kier alpha value is -1.14. The van der Waals surface area contributed by atoms with Gasteiger partial charge in [0.2, 0.25) is 0 Å². The van der Waals surface area contributed by atoms with E-state index in [-0.39, 0.29) is 0 Å². The average Bonchev–Trinajstić information content (AvgIpc) is 2.98. The predicted octanol–water partition coefficient (Wildman–Crippen LogP) is -0.149. The van der Waals surface area contributed by atoms with E-state index in [1.807, 2.05) is 0 Å². The molecule has 0 aliphatic carbocycles. The van der Waals surface area contributed by atoms with E-state index in [1.54, 1.807) is 0 Å². The summed E-state index contributed by atoms with van der Waals surface area (Å²) in [6, 6.07) is 0. The van der Waals surface area contributed by atoms with Gasteiger partial charge in [-0.3, -0.25) is 0 Å². The molecule has 2 aliphatic rings. The van der Waals surface area contributed by atoms with Crippen LogP contribution in [0.15, 0.2) is 4.52 Å². The number of nitrogens with one attached hydrogen (secondary N) is 1. The van der Waals surface area contributed by atoms with Gasteiger partial charge in [0.1, 0.15) is 0 Å². The van der Waals surface area contributed by atoms with Crippen LogP contribution in [0.4, 0.5) is 5.95 Å². The first-order valence-corrected chi connectivity index (χ1v) is 5.80. The Morgan fingerprint density at radius 1 is 1.38 bits per heavy atom. The number of rotatable bonds is 2. The molecule has 16 heavy (non-hydrogen) atoms. The lowest BCUT2D eigenvalue weighted by molar-refractivity contribution is 0.0243. The highest BCUT2D eigenvalue weighted by Gasteiger charge is 2.39. The van der Waals surface area contributed by atoms with E-state index < -0.39 is 5.60 Å². The van der Waals surface area contributed by atoms with Gasteiger partial charge in [0, 0.05) is 19.6 Å². The van der Waals surface area contributed by atoms with Crippen LogP contribution < -0.4 is 10.2 Å². The number of β-amino-alcohol motifs (C(OH)–C–C–N with tert-alkyl or cyclic N) is 1. The van der Waals surface area contributed by atoms with E-state index in [1.165, 1.54) is 12.8 Å². The molecule has 0 saturated carbocycles. The first-order valence-electron chi connectivity index (χ1n) is 5.80. The van der Waals surface area contributed by atoms with Gasteiger partial charge in [0.05, 0.1) is 0 Å². The van der Waals surface area contributed by atoms with Crippen molar-refractivity contribution in [1.29, 1.82) is 0 Å². The van der Waals surface area contributed by atoms with Gasteiger partial charge in [-0.25, -0.2) is 0 Å². The Bertz CT molecular complexity index is 367. The van der Waals surface area contributed by atoms with E-state index >= 15 is 0 Å². The topological polar surface area (TPSA) is 74.4 Å². The van der Waals surface area contributed by atoms with E-state index in [4.69, 9.17) is 4.52 Å². The quantitative estimate of drug-likeness (QED) is 0.727. The molecule has 2 N–H and O–H groups in total. The average molecular weight is 224 g/mol. The van der Waals surface area contributed by atoms with E-state index in [9.17, 15) is 5.11 Å². The van der Waals surface area contributed by atoms with Crippen molar-refractivity contribution < 1.29 is 9.63 Å². The van der Waals surface area contributed by atoms with Crippen molar-refractivity contribution in [1.82, 2.24) is 15.5 Å². The van der Waals surface area contributed by atoms with Gasteiger partial charge >= 0.3 is 0 Å². The van der Waals surface area contributed by atoms with Crippen LogP contribution in [-0.4, -0.2) is 41.4 Å². The summed E-state index contributed by atoms with van der Waals surface area (Å²) < 4.78 is 5.17. The zero-order valence-corrected chi connectivity index (χ0v) is 9.15. The molecule has 0 radical (unpaired) electrons. The number of hydrogen-bond donors (Lipinski definition) is 2. The fourth-order valence-electron chi connectivity index (χ4n) is 2.31. The molecule has 2 saturated heterocycles. The van der Waals surface area contributed by atoms with Crippen LogP contribution in [0.3, 0.4) is 0 Å². The van der Waals surface area contributed by atoms with Gasteiger partial charge in [-0.1, -0.05) is 0 Å². The maximum atomic E-state index is 10.2. The number of hydrogen-bond acceptors (Lipinski definition) is 6. The second kappa shape index (κ2) is 3.71. The standard InChI is InChI=1S/C10H16N4O2/c15-10(3-4-11-7-10)8-12-9(13-16-8)14-5-1-2-6-14/h11,15H,1-7H2. The van der Waals surface area contributed by atoms with Crippen molar-refractivity contribution in [2.45, 2.75) is 24.9 Å². The summed E-state index contributed by atoms with van der Waals surface area (Å²) in [5, 5.41) is 17.3. The van der Waals surface area contributed by atoms with Crippen molar-refractivity contribution in [3.05, 3.63) is 5.89 Å². The molecule has 3 heterocycles. The minimum absolute atomic E-state index is 0.347. The molecule has 0 amide bonds. The fraction of sp³-hybridized carbons (Fsp3) is 0.800. The fourth-order valence-corrected chi connectivity index (χ4v) is 2.31. The number of nitrogens with zero attached hydrogens (tertiary/aromatic N) is 3. The number of anilines is 1. The van der Waals surface area contributed by atoms with Gasteiger partial charge in [-0.2, -0.15) is 4.98 Å². The second-order valence-corrected chi connectivity index (χ2v) is 4.55. The summed E-state index contributed by atoms with van der Waals surface area (Å²) in [7, 11) is 0. The van der Waals surface area contributed by atoms with Crippen molar-refractivity contribution >= 4 is 5.95 Å². The number of aromatic nitrogens is 2. The van der Waals surface area contributed by atoms with Crippen LogP contribution in [0.5, 0.6) is 0 Å². The van der Waals surface area contributed by atoms with Crippen LogP contribution >= 0.6 is 0 Å². The largest absolute Gasteiger partial charge is 0.379 e. The normalized spacial score (nSPS) is 30.2. The maximum absolute atomic E-state index is 10.2. The van der Waals surface area contributed by atoms with Crippen LogP contribution in [0, 0.1) is 0 Å². The molecule has 2 fully saturated rings. The predicted molar refractivity (Wildman–Crippen MR) is 57.1 cm³/mol. The van der Waals surface area contributed by atoms with Crippen LogP contribution in [0.25, 0.3) is 0 Å². The molecular weight excluding hydrogens is 208 g/mol. The number of aliphatic hydroxyl groups is 1. The highest BCUT2D eigenvalue weighted by molar-refractivity contribution is 5.29. The van der Waals surface area contributed by atoms with Crippen molar-refractivity contribution in [3.8, 4) is 0 Å². The Labute approximate surface area is 93.6 Å². The molecule has 2 aliphatic heterocycles. The van der Waals surface area contributed by atoms with E-state index in [2.05, 4.69) is 20.4 Å². The first-order chi connectivity index (χ1) is 7.78. The molecule has 1 aromatic heterocycles. The van der Waals surface area contributed by atoms with Gasteiger partial charge in [0.25, 0.3) is 11.8 Å². The summed E-state index contributed by atoms with van der Waals surface area (Å²) in [4.78, 5) is 6.40. The molecular formula is C10H16N4O2. The Balaban J connectivity index is 1.81. The first kappa shape index (κ1) is 10.0. The molecule has 3 rings (SSSR count). The molecule has 0 spiro atoms. The van der Waals surface area contributed by atoms with Crippen molar-refractivity contribution in [2.24, 2.45) is 0 Å². The smallest absolute Gasteiger partial charge is 0.266 e. The van der Waals surface area contributed by atoms with Gasteiger partial charge < -0.3 is 19.8 Å². The highest BCUT2D eigenvalue weighted by Crippen LogP contribution is 2.28. The minimum Gasteiger partial charge on any atom is -0.379 e. The molecule has 6 heteroatoms. The summed E-state index contributed by atoms with van der Waals surface area (Å²) in [5.74, 6) is 0.965. The zero-order chi connectivity index (χ0) is 11.0. The second-order valence-electron chi connectivity index (χ2n) is 4.55.